The molecule has 3 N–H and O–H groups in total. The minimum absolute atomic E-state index is 0. The van der Waals surface area contributed by atoms with Crippen LogP contribution in [0.5, 0.6) is 0 Å². The maximum atomic E-state index is 12.2. The molecule has 0 bridgehead atoms. The van der Waals surface area contributed by atoms with Crippen molar-refractivity contribution in [3.05, 3.63) is 30.3 Å². The first-order valence-corrected chi connectivity index (χ1v) is 10.2. The molecular weight excluding hydrogens is 362 g/mol. The second kappa shape index (κ2) is 8.41. The molecule has 1 heterocycles. The minimum atomic E-state index is -3.68. The predicted molar refractivity (Wildman–Crippen MR) is 91.4 cm³/mol. The van der Waals surface area contributed by atoms with Crippen LogP contribution in [0.2, 0.25) is 0 Å². The zero-order valence-electron chi connectivity index (χ0n) is 12.6. The summed E-state index contributed by atoms with van der Waals surface area (Å²) < 4.78 is 52.0. The third-order valence-electron chi connectivity index (χ3n) is 3.60. The first kappa shape index (κ1) is 20.3. The van der Waals surface area contributed by atoms with E-state index in [-0.39, 0.29) is 35.6 Å². The third kappa shape index (κ3) is 5.70. The second-order valence-electron chi connectivity index (χ2n) is 5.26. The van der Waals surface area contributed by atoms with E-state index in [1.54, 1.807) is 18.2 Å². The molecule has 1 aliphatic rings. The zero-order valence-corrected chi connectivity index (χ0v) is 15.0. The lowest BCUT2D eigenvalue weighted by atomic mass is 10.1. The van der Waals surface area contributed by atoms with Gasteiger partial charge in [0.05, 0.1) is 10.6 Å². The van der Waals surface area contributed by atoms with E-state index in [0.717, 1.165) is 0 Å². The Labute approximate surface area is 143 Å². The Kier molecular flexibility index (Phi) is 7.43. The van der Waals surface area contributed by atoms with Crippen LogP contribution >= 0.6 is 12.4 Å². The number of sulfonamides is 2. The highest BCUT2D eigenvalue weighted by atomic mass is 35.5. The van der Waals surface area contributed by atoms with Gasteiger partial charge in [-0.15, -0.1) is 12.4 Å². The fraction of sp³-hybridized carbons (Fsp3) is 0.538. The summed E-state index contributed by atoms with van der Waals surface area (Å²) in [7, 11) is -7.14. The summed E-state index contributed by atoms with van der Waals surface area (Å²) in [6, 6.07) is 7.91. The molecule has 132 valence electrons. The fourth-order valence-corrected chi connectivity index (χ4v) is 4.84. The smallest absolute Gasteiger partial charge is 0.240 e. The molecule has 0 amide bonds. The molecule has 0 radical (unpaired) electrons. The van der Waals surface area contributed by atoms with Gasteiger partial charge in [0.2, 0.25) is 20.0 Å². The second-order valence-corrected chi connectivity index (χ2v) is 9.12. The van der Waals surface area contributed by atoms with Gasteiger partial charge in [-0.3, -0.25) is 0 Å². The van der Waals surface area contributed by atoms with Crippen LogP contribution in [0.1, 0.15) is 12.8 Å². The molecule has 10 heteroatoms. The molecule has 1 aromatic rings. The Morgan fingerprint density at radius 1 is 1.09 bits per heavy atom. The Morgan fingerprint density at radius 2 is 1.65 bits per heavy atom. The van der Waals surface area contributed by atoms with E-state index in [9.17, 15) is 16.8 Å². The van der Waals surface area contributed by atoms with E-state index in [2.05, 4.69) is 4.72 Å². The van der Waals surface area contributed by atoms with Gasteiger partial charge in [-0.1, -0.05) is 18.2 Å². The monoisotopic (exact) mass is 383 g/mol. The molecule has 0 spiro atoms. The van der Waals surface area contributed by atoms with E-state index in [0.29, 0.717) is 25.9 Å². The minimum Gasteiger partial charge on any atom is -0.328 e. The highest BCUT2D eigenvalue weighted by Crippen LogP contribution is 2.13. The van der Waals surface area contributed by atoms with Crippen molar-refractivity contribution in [1.82, 2.24) is 9.03 Å². The third-order valence-corrected chi connectivity index (χ3v) is 6.95. The number of rotatable bonds is 6. The molecule has 1 aromatic carbocycles. The van der Waals surface area contributed by atoms with Crippen molar-refractivity contribution in [2.24, 2.45) is 5.73 Å². The molecule has 0 aliphatic carbocycles. The number of piperidine rings is 1. The maximum absolute atomic E-state index is 12.2. The van der Waals surface area contributed by atoms with Crippen molar-refractivity contribution in [3.63, 3.8) is 0 Å². The summed E-state index contributed by atoms with van der Waals surface area (Å²) in [5.41, 5.74) is 5.75. The summed E-state index contributed by atoms with van der Waals surface area (Å²) in [6.07, 6.45) is 1.27. The molecule has 0 atom stereocenters. The van der Waals surface area contributed by atoms with Crippen molar-refractivity contribution in [2.75, 3.05) is 25.4 Å². The summed E-state index contributed by atoms with van der Waals surface area (Å²) >= 11 is 0. The summed E-state index contributed by atoms with van der Waals surface area (Å²) in [4.78, 5) is 0.122. The topological polar surface area (TPSA) is 110 Å². The lowest BCUT2D eigenvalue weighted by molar-refractivity contribution is 0.320. The van der Waals surface area contributed by atoms with Crippen molar-refractivity contribution in [1.29, 1.82) is 0 Å². The van der Waals surface area contributed by atoms with Crippen molar-refractivity contribution in [3.8, 4) is 0 Å². The van der Waals surface area contributed by atoms with Gasteiger partial charge in [-0.05, 0) is 25.0 Å². The van der Waals surface area contributed by atoms with Crippen LogP contribution < -0.4 is 10.5 Å². The molecule has 2 rings (SSSR count). The van der Waals surface area contributed by atoms with Crippen LogP contribution in [0.25, 0.3) is 0 Å². The van der Waals surface area contributed by atoms with Crippen molar-refractivity contribution >= 4 is 32.5 Å². The van der Waals surface area contributed by atoms with Crippen LogP contribution in [0.15, 0.2) is 35.2 Å². The van der Waals surface area contributed by atoms with Gasteiger partial charge < -0.3 is 5.73 Å². The number of halogens is 1. The maximum Gasteiger partial charge on any atom is 0.240 e. The van der Waals surface area contributed by atoms with Gasteiger partial charge in [-0.2, -0.15) is 0 Å². The largest absolute Gasteiger partial charge is 0.328 e. The molecule has 1 aliphatic heterocycles. The fourth-order valence-electron chi connectivity index (χ4n) is 2.27. The summed E-state index contributed by atoms with van der Waals surface area (Å²) in [5, 5.41) is 0. The van der Waals surface area contributed by atoms with E-state index < -0.39 is 20.0 Å². The predicted octanol–water partition coefficient (Wildman–Crippen LogP) is 0.140. The molecule has 1 fully saturated rings. The van der Waals surface area contributed by atoms with Gasteiger partial charge >= 0.3 is 0 Å². The highest BCUT2D eigenvalue weighted by Gasteiger charge is 2.26. The molecule has 7 nitrogen and oxygen atoms in total. The number of hydrogen-bond donors (Lipinski definition) is 2. The number of benzene rings is 1. The van der Waals surface area contributed by atoms with E-state index in [1.807, 2.05) is 0 Å². The van der Waals surface area contributed by atoms with E-state index >= 15 is 0 Å². The lowest BCUT2D eigenvalue weighted by Crippen LogP contribution is -2.45. The van der Waals surface area contributed by atoms with Crippen molar-refractivity contribution in [2.45, 2.75) is 23.8 Å². The molecule has 23 heavy (non-hydrogen) atoms. The van der Waals surface area contributed by atoms with E-state index in [1.165, 1.54) is 16.4 Å². The first-order chi connectivity index (χ1) is 10.3. The standard InChI is InChI=1S/C13H21N3O4S2.ClH/c14-12-6-9-16(10-7-12)21(17,18)11-8-15-22(19,20)13-4-2-1-3-5-13;/h1-5,12,15H,6-11,14H2;1H. The van der Waals surface area contributed by atoms with Crippen LogP contribution in [0.3, 0.4) is 0 Å². The summed E-state index contributed by atoms with van der Waals surface area (Å²) in [5.74, 6) is -0.256. The van der Waals surface area contributed by atoms with Crippen LogP contribution in [-0.2, 0) is 20.0 Å². The Bertz CT molecular complexity index is 687. The van der Waals surface area contributed by atoms with Gasteiger partial charge in [0.15, 0.2) is 0 Å². The van der Waals surface area contributed by atoms with Gasteiger partial charge in [0.1, 0.15) is 0 Å². The Hall–Kier alpha value is -0.710. The average molecular weight is 384 g/mol. The Balaban J connectivity index is 0.00000264. The molecule has 0 aromatic heterocycles. The normalized spacial score (nSPS) is 17.6. The molecule has 0 unspecified atom stereocenters. The number of hydrogen-bond acceptors (Lipinski definition) is 5. The summed E-state index contributed by atoms with van der Waals surface area (Å²) in [6.45, 7) is 0.645. The lowest BCUT2D eigenvalue weighted by Gasteiger charge is -2.29. The van der Waals surface area contributed by atoms with Crippen molar-refractivity contribution < 1.29 is 16.8 Å². The zero-order chi connectivity index (χ0) is 16.2. The van der Waals surface area contributed by atoms with Crippen LogP contribution in [0.4, 0.5) is 0 Å². The molecular formula is C13H22ClN3O4S2. The molecule has 0 saturated carbocycles. The average Bonchev–Trinajstić information content (AvgIpc) is 2.48. The molecule has 1 saturated heterocycles. The van der Waals surface area contributed by atoms with Crippen LogP contribution in [-0.4, -0.2) is 52.6 Å². The van der Waals surface area contributed by atoms with Gasteiger partial charge in [0.25, 0.3) is 0 Å². The van der Waals surface area contributed by atoms with Gasteiger partial charge in [-0.25, -0.2) is 25.9 Å². The number of nitrogens with zero attached hydrogens (tertiary/aromatic N) is 1. The number of nitrogens with two attached hydrogens (primary N) is 1. The highest BCUT2D eigenvalue weighted by molar-refractivity contribution is 7.90. The van der Waals surface area contributed by atoms with Crippen LogP contribution in [0, 0.1) is 0 Å². The Morgan fingerprint density at radius 3 is 2.22 bits per heavy atom. The number of nitrogens with one attached hydrogen (secondary N) is 1. The van der Waals surface area contributed by atoms with Gasteiger partial charge in [0, 0.05) is 25.7 Å². The first-order valence-electron chi connectivity index (χ1n) is 7.09. The quantitative estimate of drug-likeness (QED) is 0.726. The SMILES string of the molecule is Cl.NC1CCN(S(=O)(=O)CCNS(=O)(=O)c2ccccc2)CC1. The van der Waals surface area contributed by atoms with E-state index in [4.69, 9.17) is 5.73 Å².